The molecule has 0 N–H and O–H groups in total. The summed E-state index contributed by atoms with van der Waals surface area (Å²) in [5, 5.41) is 0. The van der Waals surface area contributed by atoms with Gasteiger partial charge in [0.1, 0.15) is 0 Å². The summed E-state index contributed by atoms with van der Waals surface area (Å²) in [4.78, 5) is 14.9. The van der Waals surface area contributed by atoms with Crippen molar-refractivity contribution in [3.8, 4) is 22.5 Å². The maximum Gasteiger partial charge on any atom is 0.252 e. The lowest BCUT2D eigenvalue weighted by Gasteiger charge is -2.45. The summed E-state index contributed by atoms with van der Waals surface area (Å²) in [7, 11) is 0. The van der Waals surface area contributed by atoms with E-state index in [4.69, 9.17) is 9.97 Å². The van der Waals surface area contributed by atoms with Gasteiger partial charge in [0, 0.05) is 35.1 Å². The molecule has 55 heavy (non-hydrogen) atoms. The smallest absolute Gasteiger partial charge is 0.252 e. The number of hydrogen-bond donors (Lipinski definition) is 0. The van der Waals surface area contributed by atoms with E-state index in [1.807, 2.05) is 12.4 Å². The van der Waals surface area contributed by atoms with Gasteiger partial charge in [0.25, 0.3) is 6.71 Å². The maximum atomic E-state index is 4.93. The first-order valence-corrected chi connectivity index (χ1v) is 19.7. The third kappa shape index (κ3) is 5.67. The zero-order valence-corrected chi connectivity index (χ0v) is 33.1. The van der Waals surface area contributed by atoms with Gasteiger partial charge in [-0.05, 0) is 149 Å². The zero-order chi connectivity index (χ0) is 38.1. The highest BCUT2D eigenvalue weighted by atomic mass is 15.2. The molecule has 2 aliphatic rings. The first-order valence-electron chi connectivity index (χ1n) is 19.7. The summed E-state index contributed by atoms with van der Waals surface area (Å²) in [6.45, 7) is 17.9. The van der Waals surface area contributed by atoms with Crippen molar-refractivity contribution >= 4 is 57.2 Å². The topological polar surface area (TPSA) is 32.3 Å². The standard InChI is InChI=1S/C50H47BN4/c1-30(2)36-22-24-52-42(28-36)38-18-20-44-40(26-38)51-41-27-39(43-29-37(31(3)4)23-25-53-43)19-21-45(41)55(50-34(7)14-10-15-35(50)8)47-17-11-16-46(48(47)51)54(44)49-32(5)12-9-13-33(49)6/h9-31H,1-8H3. The third-order valence-corrected chi connectivity index (χ3v) is 11.8. The summed E-state index contributed by atoms with van der Waals surface area (Å²) in [6.07, 6.45) is 3.92. The molecule has 0 saturated heterocycles. The van der Waals surface area contributed by atoms with E-state index in [2.05, 4.69) is 180 Å². The molecule has 270 valence electrons. The predicted molar refractivity (Wildman–Crippen MR) is 234 cm³/mol. The number of fused-ring (bicyclic) bond motifs is 4. The Kier molecular flexibility index (Phi) is 8.49. The number of hydrogen-bond acceptors (Lipinski definition) is 4. The summed E-state index contributed by atoms with van der Waals surface area (Å²) in [5.41, 5.74) is 23.0. The lowest BCUT2D eigenvalue weighted by atomic mass is 9.33. The lowest BCUT2D eigenvalue weighted by Crippen LogP contribution is -2.61. The number of rotatable bonds is 6. The second-order valence-electron chi connectivity index (χ2n) is 16.1. The minimum atomic E-state index is -0.0289. The fraction of sp³-hybridized carbons (Fsp3) is 0.200. The predicted octanol–water partition coefficient (Wildman–Crippen LogP) is 11.4. The van der Waals surface area contributed by atoms with E-state index in [-0.39, 0.29) is 6.71 Å². The van der Waals surface area contributed by atoms with Crippen LogP contribution in [-0.4, -0.2) is 16.7 Å². The van der Waals surface area contributed by atoms with Crippen LogP contribution in [0.25, 0.3) is 22.5 Å². The van der Waals surface area contributed by atoms with Crippen LogP contribution in [0.15, 0.2) is 128 Å². The summed E-state index contributed by atoms with van der Waals surface area (Å²) < 4.78 is 0. The molecule has 0 amide bonds. The number of aromatic nitrogens is 2. The van der Waals surface area contributed by atoms with E-state index in [1.165, 1.54) is 83.9 Å². The van der Waals surface area contributed by atoms with Crippen molar-refractivity contribution in [2.45, 2.75) is 67.2 Å². The molecular formula is C50H47BN4. The first kappa shape index (κ1) is 34.8. The zero-order valence-electron chi connectivity index (χ0n) is 33.1. The van der Waals surface area contributed by atoms with Crippen molar-refractivity contribution < 1.29 is 0 Å². The van der Waals surface area contributed by atoms with Gasteiger partial charge in [-0.1, -0.05) is 94.4 Å². The normalized spacial score (nSPS) is 12.9. The lowest BCUT2D eigenvalue weighted by molar-refractivity contribution is 0.863. The second-order valence-corrected chi connectivity index (χ2v) is 16.1. The Bertz CT molecular complexity index is 2420. The van der Waals surface area contributed by atoms with Crippen LogP contribution in [0, 0.1) is 27.7 Å². The number of anilines is 6. The van der Waals surface area contributed by atoms with E-state index >= 15 is 0 Å². The van der Waals surface area contributed by atoms with Crippen LogP contribution in [-0.2, 0) is 0 Å². The molecule has 0 atom stereocenters. The second kappa shape index (κ2) is 13.4. The Hall–Kier alpha value is -5.94. The van der Waals surface area contributed by atoms with Gasteiger partial charge in [0.15, 0.2) is 0 Å². The highest BCUT2D eigenvalue weighted by Gasteiger charge is 2.44. The van der Waals surface area contributed by atoms with Gasteiger partial charge in [-0.3, -0.25) is 9.97 Å². The molecule has 5 heteroatoms. The van der Waals surface area contributed by atoms with E-state index < -0.39 is 0 Å². The Balaban J connectivity index is 1.38. The Morgan fingerprint density at radius 1 is 0.455 bits per heavy atom. The molecule has 0 aliphatic carbocycles. The van der Waals surface area contributed by atoms with Crippen molar-refractivity contribution in [3.63, 3.8) is 0 Å². The van der Waals surface area contributed by atoms with Gasteiger partial charge in [-0.25, -0.2) is 0 Å². The van der Waals surface area contributed by atoms with Crippen LogP contribution in [0.5, 0.6) is 0 Å². The quantitative estimate of drug-likeness (QED) is 0.161. The number of benzene rings is 5. The van der Waals surface area contributed by atoms with E-state index in [0.717, 1.165) is 22.5 Å². The number of pyridine rings is 2. The average Bonchev–Trinajstić information content (AvgIpc) is 3.19. The number of nitrogens with zero attached hydrogens (tertiary/aromatic N) is 4. The number of para-hydroxylation sites is 2. The molecular weight excluding hydrogens is 667 g/mol. The molecule has 5 aromatic carbocycles. The summed E-state index contributed by atoms with van der Waals surface area (Å²) in [6, 6.07) is 43.1. The van der Waals surface area contributed by atoms with E-state index in [1.54, 1.807) is 0 Å². The molecule has 0 fully saturated rings. The van der Waals surface area contributed by atoms with Crippen molar-refractivity contribution in [1.82, 2.24) is 9.97 Å². The summed E-state index contributed by atoms with van der Waals surface area (Å²) >= 11 is 0. The average molecular weight is 715 g/mol. The molecule has 2 aliphatic heterocycles. The molecule has 0 bridgehead atoms. The van der Waals surface area contributed by atoms with Gasteiger partial charge in [-0.15, -0.1) is 0 Å². The Morgan fingerprint density at radius 2 is 0.855 bits per heavy atom. The van der Waals surface area contributed by atoms with Crippen LogP contribution in [0.3, 0.4) is 0 Å². The molecule has 9 rings (SSSR count). The largest absolute Gasteiger partial charge is 0.311 e. The highest BCUT2D eigenvalue weighted by Crippen LogP contribution is 2.47. The molecule has 4 nitrogen and oxygen atoms in total. The van der Waals surface area contributed by atoms with Gasteiger partial charge < -0.3 is 9.80 Å². The Labute approximate surface area is 326 Å². The van der Waals surface area contributed by atoms with Gasteiger partial charge >= 0.3 is 0 Å². The molecule has 0 radical (unpaired) electrons. The van der Waals surface area contributed by atoms with Crippen LogP contribution < -0.4 is 26.2 Å². The Morgan fingerprint density at radius 3 is 1.25 bits per heavy atom. The van der Waals surface area contributed by atoms with Crippen molar-refractivity contribution in [3.05, 3.63) is 161 Å². The van der Waals surface area contributed by atoms with Crippen molar-refractivity contribution in [1.29, 1.82) is 0 Å². The minimum Gasteiger partial charge on any atom is -0.311 e. The van der Waals surface area contributed by atoms with Gasteiger partial charge in [-0.2, -0.15) is 0 Å². The van der Waals surface area contributed by atoms with Crippen LogP contribution in [0.2, 0.25) is 0 Å². The minimum absolute atomic E-state index is 0.0289. The maximum absolute atomic E-state index is 4.93. The fourth-order valence-electron chi connectivity index (χ4n) is 8.99. The molecule has 0 spiro atoms. The van der Waals surface area contributed by atoms with Crippen LogP contribution in [0.1, 0.15) is 72.9 Å². The van der Waals surface area contributed by atoms with Gasteiger partial charge in [0.2, 0.25) is 0 Å². The van der Waals surface area contributed by atoms with Crippen molar-refractivity contribution in [2.75, 3.05) is 9.80 Å². The molecule has 0 saturated carbocycles. The van der Waals surface area contributed by atoms with Crippen LogP contribution >= 0.6 is 0 Å². The number of aryl methyl sites for hydroxylation is 4. The van der Waals surface area contributed by atoms with Crippen molar-refractivity contribution in [2.24, 2.45) is 0 Å². The van der Waals surface area contributed by atoms with Crippen LogP contribution in [0.4, 0.5) is 34.1 Å². The first-order chi connectivity index (χ1) is 26.6. The monoisotopic (exact) mass is 714 g/mol. The third-order valence-electron chi connectivity index (χ3n) is 11.8. The highest BCUT2D eigenvalue weighted by molar-refractivity contribution is 7.00. The fourth-order valence-corrected chi connectivity index (χ4v) is 8.99. The molecule has 7 aromatic rings. The van der Waals surface area contributed by atoms with E-state index in [9.17, 15) is 0 Å². The molecule has 0 unspecified atom stereocenters. The van der Waals surface area contributed by atoms with Gasteiger partial charge in [0.05, 0.1) is 22.8 Å². The molecule has 2 aromatic heterocycles. The molecule has 4 heterocycles. The SMILES string of the molecule is Cc1cccc(C)c1N1c2ccc(-c3cc(C(C)C)ccn3)cc2B2c3cc(-c4cc(C(C)C)ccn4)ccc3N(c3c(C)cccc3C)c3cccc1c32. The summed E-state index contributed by atoms with van der Waals surface area (Å²) in [5.74, 6) is 0.825. The van der Waals surface area contributed by atoms with E-state index in [0.29, 0.717) is 11.8 Å².